The second kappa shape index (κ2) is 5.77. The molecule has 106 valence electrons. The smallest absolute Gasteiger partial charge is 0.330 e. The molecule has 1 aromatic carbocycles. The summed E-state index contributed by atoms with van der Waals surface area (Å²) >= 11 is 0. The van der Waals surface area contributed by atoms with E-state index < -0.39 is 24.1 Å². The molecule has 0 aliphatic carbocycles. The molecule has 0 radical (unpaired) electrons. The molecule has 0 aliphatic rings. The van der Waals surface area contributed by atoms with Gasteiger partial charge < -0.3 is 5.32 Å². The Kier molecular flexibility index (Phi) is 3.03. The van der Waals surface area contributed by atoms with Crippen LogP contribution in [-0.4, -0.2) is 9.55 Å². The molecule has 5 nitrogen and oxygen atoms in total. The molecular formula is C15H19N3O2. The second-order valence-electron chi connectivity index (χ2n) is 4.65. The van der Waals surface area contributed by atoms with Crippen molar-refractivity contribution in [3.63, 3.8) is 0 Å². The van der Waals surface area contributed by atoms with Gasteiger partial charge in [-0.05, 0) is 26.3 Å². The predicted octanol–water partition coefficient (Wildman–Crippen LogP) is 2.29. The van der Waals surface area contributed by atoms with E-state index in [-0.39, 0.29) is 11.9 Å². The number of anilines is 1. The highest BCUT2D eigenvalue weighted by atomic mass is 16.2. The lowest BCUT2D eigenvalue weighted by Crippen LogP contribution is -2.36. The van der Waals surface area contributed by atoms with Gasteiger partial charge in [0.25, 0.3) is 5.56 Å². The molecule has 0 saturated carbocycles. The highest BCUT2D eigenvalue weighted by Crippen LogP contribution is 2.15. The average Bonchev–Trinajstić information content (AvgIpc) is 2.46. The van der Waals surface area contributed by atoms with Crippen LogP contribution in [0.15, 0.2) is 46.0 Å². The molecule has 0 bridgehead atoms. The van der Waals surface area contributed by atoms with Crippen molar-refractivity contribution in [1.29, 1.82) is 0 Å². The van der Waals surface area contributed by atoms with Crippen LogP contribution in [0.3, 0.4) is 0 Å². The number of benzene rings is 1. The van der Waals surface area contributed by atoms with Gasteiger partial charge in [-0.3, -0.25) is 14.3 Å². The zero-order valence-corrected chi connectivity index (χ0v) is 11.4. The van der Waals surface area contributed by atoms with Crippen LogP contribution in [0.25, 0.3) is 0 Å². The van der Waals surface area contributed by atoms with Crippen LogP contribution in [-0.2, 0) is 0 Å². The number of hydrogen-bond acceptors (Lipinski definition) is 3. The van der Waals surface area contributed by atoms with Gasteiger partial charge in [-0.1, -0.05) is 30.3 Å². The third-order valence-electron chi connectivity index (χ3n) is 3.02. The maximum Gasteiger partial charge on any atom is 0.330 e. The Balaban J connectivity index is 2.31. The molecule has 0 fully saturated rings. The Hall–Kier alpha value is -2.30. The van der Waals surface area contributed by atoms with Crippen LogP contribution >= 0.6 is 0 Å². The van der Waals surface area contributed by atoms with Crippen molar-refractivity contribution in [2.45, 2.75) is 32.8 Å². The monoisotopic (exact) mass is 276 g/mol. The Morgan fingerprint density at radius 1 is 1.25 bits per heavy atom. The molecule has 1 unspecified atom stereocenters. The van der Waals surface area contributed by atoms with Crippen molar-refractivity contribution in [3.05, 3.63) is 62.8 Å². The van der Waals surface area contributed by atoms with E-state index in [1.807, 2.05) is 37.3 Å². The van der Waals surface area contributed by atoms with E-state index in [1.54, 1.807) is 0 Å². The number of hydrogen-bond donors (Lipinski definition) is 2. The van der Waals surface area contributed by atoms with Gasteiger partial charge >= 0.3 is 5.69 Å². The van der Waals surface area contributed by atoms with Crippen molar-refractivity contribution < 1.29 is 4.11 Å². The Bertz CT molecular complexity index is 750. The first-order valence-corrected chi connectivity index (χ1v) is 6.37. The Labute approximate surface area is 121 Å². The highest BCUT2D eigenvalue weighted by molar-refractivity contribution is 5.36. The third-order valence-corrected chi connectivity index (χ3v) is 3.02. The number of aromatic nitrogens is 2. The number of nitrogens with zero attached hydrogens (tertiary/aromatic N) is 1. The summed E-state index contributed by atoms with van der Waals surface area (Å²) in [5.74, 6) is 0.255. The van der Waals surface area contributed by atoms with Crippen LogP contribution in [0.1, 0.15) is 42.5 Å². The maximum absolute atomic E-state index is 12.1. The quantitative estimate of drug-likeness (QED) is 0.900. The standard InChI is InChI=1S/C15H19N3O2/c1-10(2)18-14(19)9-13(17-15(18)20)16-11(3)12-7-5-4-6-8-12/h4-11,16H,1-3H3,(H,17,20)/t11-/m0/s1/i1D3/t10?,11-. The largest absolute Gasteiger partial charge is 0.365 e. The first kappa shape index (κ1) is 10.5. The summed E-state index contributed by atoms with van der Waals surface area (Å²) in [5.41, 5.74) is -0.405. The van der Waals surface area contributed by atoms with E-state index in [2.05, 4.69) is 10.3 Å². The molecular weight excluding hydrogens is 254 g/mol. The average molecular weight is 276 g/mol. The highest BCUT2D eigenvalue weighted by Gasteiger charge is 2.10. The molecule has 1 heterocycles. The summed E-state index contributed by atoms with van der Waals surface area (Å²) in [5, 5.41) is 3.04. The van der Waals surface area contributed by atoms with Crippen molar-refractivity contribution in [1.82, 2.24) is 9.55 Å². The van der Waals surface area contributed by atoms with Gasteiger partial charge in [0.05, 0.1) is 0 Å². The molecule has 0 spiro atoms. The number of H-pyrrole nitrogens is 1. The first-order valence-electron chi connectivity index (χ1n) is 7.87. The van der Waals surface area contributed by atoms with E-state index in [0.29, 0.717) is 4.57 Å². The summed E-state index contributed by atoms with van der Waals surface area (Å²) in [7, 11) is 0. The van der Waals surface area contributed by atoms with Crippen LogP contribution in [0.5, 0.6) is 0 Å². The minimum absolute atomic E-state index is 0.123. The van der Waals surface area contributed by atoms with Crippen LogP contribution < -0.4 is 16.6 Å². The van der Waals surface area contributed by atoms with Crippen LogP contribution in [0, 0.1) is 0 Å². The third kappa shape index (κ3) is 2.99. The van der Waals surface area contributed by atoms with Gasteiger partial charge in [0, 0.05) is 22.3 Å². The lowest BCUT2D eigenvalue weighted by Gasteiger charge is -2.16. The van der Waals surface area contributed by atoms with Crippen molar-refractivity contribution >= 4 is 5.82 Å². The minimum atomic E-state index is -2.43. The summed E-state index contributed by atoms with van der Waals surface area (Å²) in [6.45, 7) is 0.788. The molecule has 0 amide bonds. The minimum Gasteiger partial charge on any atom is -0.365 e. The summed E-state index contributed by atoms with van der Waals surface area (Å²) in [4.78, 5) is 26.7. The van der Waals surface area contributed by atoms with Crippen molar-refractivity contribution in [2.24, 2.45) is 0 Å². The molecule has 5 heteroatoms. The molecule has 2 N–H and O–H groups in total. The first-order chi connectivity index (χ1) is 10.7. The van der Waals surface area contributed by atoms with Gasteiger partial charge in [-0.2, -0.15) is 0 Å². The van der Waals surface area contributed by atoms with Gasteiger partial charge in [-0.25, -0.2) is 4.79 Å². The van der Waals surface area contributed by atoms with E-state index in [0.717, 1.165) is 5.56 Å². The maximum atomic E-state index is 12.1. The fourth-order valence-electron chi connectivity index (χ4n) is 2.01. The van der Waals surface area contributed by atoms with E-state index in [4.69, 9.17) is 4.11 Å². The summed E-state index contributed by atoms with van der Waals surface area (Å²) in [6.07, 6.45) is 0. The number of nitrogens with one attached hydrogen (secondary N) is 2. The molecule has 0 saturated heterocycles. The van der Waals surface area contributed by atoms with Crippen LogP contribution in [0.4, 0.5) is 5.82 Å². The Morgan fingerprint density at radius 2 is 1.95 bits per heavy atom. The lowest BCUT2D eigenvalue weighted by molar-refractivity contribution is 0.546. The SMILES string of the molecule is [2H]C([2H])([2H])C(C)n1c(=O)cc(N[C@@H](C)c2ccccc2)[nH]c1=O. The molecule has 2 rings (SSSR count). The van der Waals surface area contributed by atoms with Crippen molar-refractivity contribution in [3.8, 4) is 0 Å². The number of aromatic amines is 1. The molecule has 1 aromatic heterocycles. The van der Waals surface area contributed by atoms with Gasteiger partial charge in [0.2, 0.25) is 0 Å². The molecule has 2 aromatic rings. The fraction of sp³-hybridized carbons (Fsp3) is 0.333. The normalized spacial score (nSPS) is 16.6. The van der Waals surface area contributed by atoms with Crippen molar-refractivity contribution in [2.75, 3.05) is 5.32 Å². The molecule has 0 aliphatic heterocycles. The number of rotatable bonds is 4. The van der Waals surface area contributed by atoms with Gasteiger partial charge in [-0.15, -0.1) is 0 Å². The fourth-order valence-corrected chi connectivity index (χ4v) is 2.01. The summed E-state index contributed by atoms with van der Waals surface area (Å²) in [6, 6.07) is 9.42. The molecule has 20 heavy (non-hydrogen) atoms. The predicted molar refractivity (Wildman–Crippen MR) is 80.2 cm³/mol. The van der Waals surface area contributed by atoms with E-state index >= 15 is 0 Å². The van der Waals surface area contributed by atoms with Gasteiger partial charge in [0.1, 0.15) is 5.82 Å². The topological polar surface area (TPSA) is 66.9 Å². The molecule has 2 atom stereocenters. The van der Waals surface area contributed by atoms with E-state index in [9.17, 15) is 9.59 Å². The summed E-state index contributed by atoms with van der Waals surface area (Å²) < 4.78 is 22.8. The second-order valence-corrected chi connectivity index (χ2v) is 4.65. The van der Waals surface area contributed by atoms with E-state index in [1.165, 1.54) is 13.0 Å². The lowest BCUT2D eigenvalue weighted by atomic mass is 10.1. The zero-order valence-electron chi connectivity index (χ0n) is 14.4. The van der Waals surface area contributed by atoms with Gasteiger partial charge in [0.15, 0.2) is 0 Å². The Morgan fingerprint density at radius 3 is 2.55 bits per heavy atom. The van der Waals surface area contributed by atoms with Crippen LogP contribution in [0.2, 0.25) is 0 Å². The zero-order chi connectivity index (χ0) is 17.2.